The molecular weight excluding hydrogens is 236 g/mol. The van der Waals surface area contributed by atoms with E-state index in [1.54, 1.807) is 0 Å². The number of hydrogen-bond acceptors (Lipinski definition) is 4. The topological polar surface area (TPSA) is 54.5 Å². The number of rotatable bonds is 3. The number of nitrogens with two attached hydrogens (primary N) is 1. The van der Waals surface area contributed by atoms with E-state index in [-0.39, 0.29) is 6.17 Å². The maximum atomic E-state index is 5.98. The summed E-state index contributed by atoms with van der Waals surface area (Å²) in [6.45, 7) is 0.886. The Hall–Kier alpha value is -2.20. The van der Waals surface area contributed by atoms with E-state index >= 15 is 0 Å². The number of nitrogens with zero attached hydrogens (tertiary/aromatic N) is 3. The molecule has 19 heavy (non-hydrogen) atoms. The van der Waals surface area contributed by atoms with Crippen molar-refractivity contribution in [2.45, 2.75) is 12.6 Å². The summed E-state index contributed by atoms with van der Waals surface area (Å²) < 4.78 is 0. The molecule has 1 aromatic carbocycles. The number of hydrogen-bond donors (Lipinski definition) is 1. The van der Waals surface area contributed by atoms with Crippen LogP contribution in [0.25, 0.3) is 0 Å². The summed E-state index contributed by atoms with van der Waals surface area (Å²) in [4.78, 5) is 10.5. The number of aliphatic imine (C=N–C) groups is 1. The second kappa shape index (κ2) is 5.20. The largest absolute Gasteiger partial charge is 0.332 e. The zero-order chi connectivity index (χ0) is 13.1. The van der Waals surface area contributed by atoms with E-state index in [1.165, 1.54) is 5.56 Å². The van der Waals surface area contributed by atoms with E-state index in [9.17, 15) is 0 Å². The zero-order valence-corrected chi connectivity index (χ0v) is 10.6. The molecule has 2 aromatic rings. The van der Waals surface area contributed by atoms with Gasteiger partial charge in [0, 0.05) is 30.2 Å². The number of benzene rings is 1. The van der Waals surface area contributed by atoms with Crippen molar-refractivity contribution < 1.29 is 0 Å². The standard InChI is InChI=1S/C15H16N4/c16-15-13-3-1-2-4-14(13)19(11-18-15)10-7-12-5-8-17-9-6-12/h1-6,8-9,11,15H,7,10,16H2. The Morgan fingerprint density at radius 2 is 1.89 bits per heavy atom. The Labute approximate surface area is 112 Å². The summed E-state index contributed by atoms with van der Waals surface area (Å²) in [6.07, 6.45) is 6.20. The summed E-state index contributed by atoms with van der Waals surface area (Å²) in [7, 11) is 0. The highest BCUT2D eigenvalue weighted by Gasteiger charge is 2.18. The van der Waals surface area contributed by atoms with Crippen LogP contribution in [-0.2, 0) is 6.42 Å². The van der Waals surface area contributed by atoms with Crippen LogP contribution in [0, 0.1) is 0 Å². The van der Waals surface area contributed by atoms with Gasteiger partial charge in [0.05, 0.1) is 6.34 Å². The summed E-state index contributed by atoms with van der Waals surface area (Å²) in [6, 6.07) is 12.2. The fourth-order valence-corrected chi connectivity index (χ4v) is 2.27. The van der Waals surface area contributed by atoms with Crippen molar-refractivity contribution in [3.8, 4) is 0 Å². The highest BCUT2D eigenvalue weighted by Crippen LogP contribution is 2.28. The first-order valence-corrected chi connectivity index (χ1v) is 6.38. The minimum Gasteiger partial charge on any atom is -0.332 e. The van der Waals surface area contributed by atoms with Crippen molar-refractivity contribution in [1.29, 1.82) is 0 Å². The molecule has 0 aliphatic carbocycles. The molecule has 96 valence electrons. The normalized spacial score (nSPS) is 17.3. The van der Waals surface area contributed by atoms with E-state index < -0.39 is 0 Å². The van der Waals surface area contributed by atoms with Gasteiger partial charge in [0.1, 0.15) is 6.17 Å². The Morgan fingerprint density at radius 1 is 1.11 bits per heavy atom. The first-order chi connectivity index (χ1) is 9.34. The van der Waals surface area contributed by atoms with Crippen LogP contribution in [0.15, 0.2) is 53.8 Å². The summed E-state index contributed by atoms with van der Waals surface area (Å²) in [5, 5.41) is 0. The molecule has 0 bridgehead atoms. The van der Waals surface area contributed by atoms with Gasteiger partial charge in [-0.05, 0) is 30.2 Å². The molecule has 0 spiro atoms. The molecule has 0 amide bonds. The fourth-order valence-electron chi connectivity index (χ4n) is 2.27. The lowest BCUT2D eigenvalue weighted by Crippen LogP contribution is -2.30. The SMILES string of the molecule is NC1N=CN(CCc2ccncc2)c2ccccc21. The highest BCUT2D eigenvalue weighted by atomic mass is 15.2. The lowest BCUT2D eigenvalue weighted by Gasteiger charge is -2.28. The number of fused-ring (bicyclic) bond motifs is 1. The minimum atomic E-state index is -0.242. The van der Waals surface area contributed by atoms with Crippen LogP contribution < -0.4 is 10.6 Å². The molecule has 3 rings (SSSR count). The van der Waals surface area contributed by atoms with Gasteiger partial charge in [-0.2, -0.15) is 0 Å². The molecule has 1 aliphatic rings. The number of aromatic nitrogens is 1. The zero-order valence-electron chi connectivity index (χ0n) is 10.6. The lowest BCUT2D eigenvalue weighted by atomic mass is 10.1. The molecular formula is C15H16N4. The Bertz CT molecular complexity index is 580. The second-order valence-electron chi connectivity index (χ2n) is 4.57. The van der Waals surface area contributed by atoms with Crippen molar-refractivity contribution in [3.05, 3.63) is 59.9 Å². The molecule has 4 heteroatoms. The average Bonchev–Trinajstić information content (AvgIpc) is 2.48. The van der Waals surface area contributed by atoms with Crippen molar-refractivity contribution in [1.82, 2.24) is 4.98 Å². The van der Waals surface area contributed by atoms with Gasteiger partial charge in [0.15, 0.2) is 0 Å². The van der Waals surface area contributed by atoms with Crippen LogP contribution in [-0.4, -0.2) is 17.9 Å². The van der Waals surface area contributed by atoms with Gasteiger partial charge in [-0.15, -0.1) is 0 Å². The van der Waals surface area contributed by atoms with Crippen molar-refractivity contribution in [2.24, 2.45) is 10.7 Å². The first kappa shape index (κ1) is 11.9. The van der Waals surface area contributed by atoms with Crippen LogP contribution in [0.4, 0.5) is 5.69 Å². The van der Waals surface area contributed by atoms with Crippen LogP contribution in [0.5, 0.6) is 0 Å². The smallest absolute Gasteiger partial charge is 0.126 e. The molecule has 0 fully saturated rings. The van der Waals surface area contributed by atoms with E-state index in [4.69, 9.17) is 5.73 Å². The van der Waals surface area contributed by atoms with Gasteiger partial charge in [0.25, 0.3) is 0 Å². The van der Waals surface area contributed by atoms with Crippen molar-refractivity contribution in [3.63, 3.8) is 0 Å². The molecule has 2 N–H and O–H groups in total. The number of para-hydroxylation sites is 1. The number of pyridine rings is 1. The van der Waals surface area contributed by atoms with Gasteiger partial charge in [0.2, 0.25) is 0 Å². The third-order valence-electron chi connectivity index (χ3n) is 3.32. The van der Waals surface area contributed by atoms with Gasteiger partial charge < -0.3 is 10.6 Å². The summed E-state index contributed by atoms with van der Waals surface area (Å²) in [5.41, 5.74) is 9.49. The fraction of sp³-hybridized carbons (Fsp3) is 0.200. The maximum absolute atomic E-state index is 5.98. The van der Waals surface area contributed by atoms with E-state index in [1.807, 2.05) is 49.1 Å². The van der Waals surface area contributed by atoms with Gasteiger partial charge in [-0.25, -0.2) is 0 Å². The van der Waals surface area contributed by atoms with Crippen molar-refractivity contribution in [2.75, 3.05) is 11.4 Å². The monoisotopic (exact) mass is 252 g/mol. The van der Waals surface area contributed by atoms with Crippen LogP contribution >= 0.6 is 0 Å². The van der Waals surface area contributed by atoms with E-state index in [0.717, 1.165) is 24.2 Å². The van der Waals surface area contributed by atoms with Gasteiger partial charge in [-0.1, -0.05) is 18.2 Å². The van der Waals surface area contributed by atoms with Gasteiger partial charge >= 0.3 is 0 Å². The van der Waals surface area contributed by atoms with Crippen LogP contribution in [0.1, 0.15) is 17.3 Å². The molecule has 4 nitrogen and oxygen atoms in total. The quantitative estimate of drug-likeness (QED) is 0.910. The summed E-state index contributed by atoms with van der Waals surface area (Å²) in [5.74, 6) is 0. The minimum absolute atomic E-state index is 0.242. The molecule has 0 radical (unpaired) electrons. The Morgan fingerprint density at radius 3 is 2.74 bits per heavy atom. The highest BCUT2D eigenvalue weighted by molar-refractivity contribution is 5.83. The predicted molar refractivity (Wildman–Crippen MR) is 77.1 cm³/mol. The van der Waals surface area contributed by atoms with E-state index in [0.29, 0.717) is 0 Å². The molecule has 1 aliphatic heterocycles. The Kier molecular flexibility index (Phi) is 3.25. The van der Waals surface area contributed by atoms with Crippen LogP contribution in [0.2, 0.25) is 0 Å². The molecule has 0 saturated heterocycles. The number of anilines is 1. The predicted octanol–water partition coefficient (Wildman–Crippen LogP) is 2.13. The third-order valence-corrected chi connectivity index (χ3v) is 3.32. The second-order valence-corrected chi connectivity index (χ2v) is 4.57. The summed E-state index contributed by atoms with van der Waals surface area (Å²) >= 11 is 0. The molecule has 0 saturated carbocycles. The van der Waals surface area contributed by atoms with Crippen LogP contribution in [0.3, 0.4) is 0 Å². The van der Waals surface area contributed by atoms with E-state index in [2.05, 4.69) is 20.9 Å². The molecule has 2 heterocycles. The molecule has 1 aromatic heterocycles. The average molecular weight is 252 g/mol. The lowest BCUT2D eigenvalue weighted by molar-refractivity contribution is 0.752. The van der Waals surface area contributed by atoms with Gasteiger partial charge in [-0.3, -0.25) is 9.98 Å². The Balaban J connectivity index is 1.77. The molecule has 1 atom stereocenters. The third kappa shape index (κ3) is 2.48. The molecule has 1 unspecified atom stereocenters. The first-order valence-electron chi connectivity index (χ1n) is 6.38. The van der Waals surface area contributed by atoms with Crippen molar-refractivity contribution >= 4 is 12.0 Å². The maximum Gasteiger partial charge on any atom is 0.126 e.